The van der Waals surface area contributed by atoms with Crippen LogP contribution in [0.15, 0.2) is 24.3 Å². The summed E-state index contributed by atoms with van der Waals surface area (Å²) in [6.45, 7) is 9.64. The van der Waals surface area contributed by atoms with Gasteiger partial charge in [-0.05, 0) is 36.9 Å². The molecule has 1 amide bonds. The number of rotatable bonds is 7. The highest BCUT2D eigenvalue weighted by Crippen LogP contribution is 2.15. The van der Waals surface area contributed by atoms with Crippen LogP contribution < -0.4 is 10.6 Å². The lowest BCUT2D eigenvalue weighted by molar-refractivity contribution is -0.120. The van der Waals surface area contributed by atoms with Crippen LogP contribution >= 0.6 is 0 Å². The highest BCUT2D eigenvalue weighted by Gasteiger charge is 2.09. The first-order chi connectivity index (χ1) is 9.02. The van der Waals surface area contributed by atoms with Crippen LogP contribution in [0.3, 0.4) is 0 Å². The van der Waals surface area contributed by atoms with E-state index in [0.717, 1.165) is 18.5 Å². The lowest BCUT2D eigenvalue weighted by atomic mass is 10.00. The fourth-order valence-corrected chi connectivity index (χ4v) is 2.03. The van der Waals surface area contributed by atoms with Crippen LogP contribution in [0.25, 0.3) is 0 Å². The van der Waals surface area contributed by atoms with Crippen LogP contribution in [0.5, 0.6) is 0 Å². The molecule has 19 heavy (non-hydrogen) atoms. The van der Waals surface area contributed by atoms with Crippen molar-refractivity contribution in [2.45, 2.75) is 40.2 Å². The molecule has 0 aromatic heterocycles. The maximum atomic E-state index is 11.6. The summed E-state index contributed by atoms with van der Waals surface area (Å²) in [5.74, 6) is 0.712. The summed E-state index contributed by atoms with van der Waals surface area (Å²) in [6, 6.07) is 8.58. The molecular weight excluding hydrogens is 236 g/mol. The Kier molecular flexibility index (Phi) is 6.57. The van der Waals surface area contributed by atoms with Gasteiger partial charge in [-0.25, -0.2) is 0 Å². The molecule has 106 valence electrons. The second kappa shape index (κ2) is 7.95. The first kappa shape index (κ1) is 15.7. The molecule has 0 saturated carbocycles. The zero-order valence-electron chi connectivity index (χ0n) is 12.5. The maximum Gasteiger partial charge on any atom is 0.234 e. The molecule has 1 rings (SSSR count). The second-order valence-electron chi connectivity index (χ2n) is 5.41. The summed E-state index contributed by atoms with van der Waals surface area (Å²) in [5.41, 5.74) is 2.50. The molecule has 0 aliphatic rings. The Labute approximate surface area is 116 Å². The van der Waals surface area contributed by atoms with Crippen LogP contribution in [0, 0.1) is 5.92 Å². The van der Waals surface area contributed by atoms with Crippen LogP contribution in [0.4, 0.5) is 0 Å². The standard InChI is InChI=1S/C16H26N2O/c1-5-17-11-16(19)18-13(4)15-8-6-14(7-9-15)10-12(2)3/h6-9,12-13,17H,5,10-11H2,1-4H3,(H,18,19). The number of benzene rings is 1. The van der Waals surface area contributed by atoms with Gasteiger partial charge in [0.2, 0.25) is 5.91 Å². The number of nitrogens with one attached hydrogen (secondary N) is 2. The van der Waals surface area contributed by atoms with Crippen molar-refractivity contribution >= 4 is 5.91 Å². The topological polar surface area (TPSA) is 41.1 Å². The van der Waals surface area contributed by atoms with E-state index in [9.17, 15) is 4.79 Å². The largest absolute Gasteiger partial charge is 0.348 e. The zero-order chi connectivity index (χ0) is 14.3. The van der Waals surface area contributed by atoms with Crippen LogP contribution in [0.1, 0.15) is 44.9 Å². The molecule has 0 radical (unpaired) electrons. The summed E-state index contributed by atoms with van der Waals surface area (Å²) in [7, 11) is 0. The Morgan fingerprint density at radius 1 is 1.16 bits per heavy atom. The Morgan fingerprint density at radius 2 is 1.79 bits per heavy atom. The van der Waals surface area contributed by atoms with E-state index in [1.54, 1.807) is 0 Å². The van der Waals surface area contributed by atoms with Gasteiger partial charge in [0.1, 0.15) is 0 Å². The van der Waals surface area contributed by atoms with Crippen molar-refractivity contribution in [3.63, 3.8) is 0 Å². The lowest BCUT2D eigenvalue weighted by Gasteiger charge is -2.15. The zero-order valence-corrected chi connectivity index (χ0v) is 12.5. The molecule has 3 nitrogen and oxygen atoms in total. The summed E-state index contributed by atoms with van der Waals surface area (Å²) < 4.78 is 0. The highest BCUT2D eigenvalue weighted by molar-refractivity contribution is 5.78. The number of carbonyl (C=O) groups is 1. The van der Waals surface area contributed by atoms with E-state index in [4.69, 9.17) is 0 Å². The van der Waals surface area contributed by atoms with Gasteiger partial charge in [-0.2, -0.15) is 0 Å². The van der Waals surface area contributed by atoms with Gasteiger partial charge in [0.15, 0.2) is 0 Å². The van der Waals surface area contributed by atoms with Gasteiger partial charge in [-0.15, -0.1) is 0 Å². The number of hydrogen-bond donors (Lipinski definition) is 2. The molecule has 0 spiro atoms. The Hall–Kier alpha value is -1.35. The molecule has 1 atom stereocenters. The van der Waals surface area contributed by atoms with Gasteiger partial charge in [-0.3, -0.25) is 4.79 Å². The van der Waals surface area contributed by atoms with E-state index in [2.05, 4.69) is 48.7 Å². The van der Waals surface area contributed by atoms with Gasteiger partial charge < -0.3 is 10.6 Å². The maximum absolute atomic E-state index is 11.6. The predicted molar refractivity (Wildman–Crippen MR) is 80.1 cm³/mol. The van der Waals surface area contributed by atoms with Crippen molar-refractivity contribution < 1.29 is 4.79 Å². The van der Waals surface area contributed by atoms with Crippen molar-refractivity contribution in [3.05, 3.63) is 35.4 Å². The summed E-state index contributed by atoms with van der Waals surface area (Å²) in [5, 5.41) is 6.01. The molecule has 2 N–H and O–H groups in total. The van der Waals surface area contributed by atoms with Crippen molar-refractivity contribution in [1.29, 1.82) is 0 Å². The molecule has 0 aliphatic carbocycles. The molecule has 0 heterocycles. The molecule has 0 aliphatic heterocycles. The van der Waals surface area contributed by atoms with Gasteiger partial charge in [0, 0.05) is 0 Å². The van der Waals surface area contributed by atoms with Gasteiger partial charge >= 0.3 is 0 Å². The average Bonchev–Trinajstić information content (AvgIpc) is 2.36. The Balaban J connectivity index is 2.52. The number of carbonyl (C=O) groups excluding carboxylic acids is 1. The SMILES string of the molecule is CCNCC(=O)NC(C)c1ccc(CC(C)C)cc1. The van der Waals surface area contributed by atoms with Crippen molar-refractivity contribution in [2.24, 2.45) is 5.92 Å². The van der Waals surface area contributed by atoms with E-state index in [-0.39, 0.29) is 11.9 Å². The molecule has 3 heteroatoms. The lowest BCUT2D eigenvalue weighted by Crippen LogP contribution is -2.35. The Morgan fingerprint density at radius 3 is 2.32 bits per heavy atom. The van der Waals surface area contributed by atoms with Gasteiger partial charge in [0.25, 0.3) is 0 Å². The van der Waals surface area contributed by atoms with Crippen molar-refractivity contribution in [3.8, 4) is 0 Å². The number of hydrogen-bond acceptors (Lipinski definition) is 2. The van der Waals surface area contributed by atoms with Gasteiger partial charge in [0.05, 0.1) is 12.6 Å². The normalized spacial score (nSPS) is 12.5. The number of likely N-dealkylation sites (N-methyl/N-ethyl adjacent to an activating group) is 1. The molecule has 0 saturated heterocycles. The summed E-state index contributed by atoms with van der Waals surface area (Å²) in [4.78, 5) is 11.6. The van der Waals surface area contributed by atoms with Crippen molar-refractivity contribution in [2.75, 3.05) is 13.1 Å². The molecule has 0 bridgehead atoms. The molecular formula is C16H26N2O. The van der Waals surface area contributed by atoms with Crippen molar-refractivity contribution in [1.82, 2.24) is 10.6 Å². The quantitative estimate of drug-likeness (QED) is 0.793. The molecule has 1 aromatic rings. The third kappa shape index (κ3) is 5.88. The van der Waals surface area contributed by atoms with E-state index < -0.39 is 0 Å². The monoisotopic (exact) mass is 262 g/mol. The first-order valence-corrected chi connectivity index (χ1v) is 7.11. The van der Waals surface area contributed by atoms with E-state index in [0.29, 0.717) is 12.5 Å². The molecule has 1 unspecified atom stereocenters. The summed E-state index contributed by atoms with van der Waals surface area (Å²) in [6.07, 6.45) is 1.10. The fraction of sp³-hybridized carbons (Fsp3) is 0.562. The average molecular weight is 262 g/mol. The highest BCUT2D eigenvalue weighted by atomic mass is 16.1. The van der Waals surface area contributed by atoms with E-state index >= 15 is 0 Å². The van der Waals surface area contributed by atoms with Crippen LogP contribution in [-0.2, 0) is 11.2 Å². The molecule has 0 fully saturated rings. The van der Waals surface area contributed by atoms with E-state index in [1.807, 2.05) is 13.8 Å². The second-order valence-corrected chi connectivity index (χ2v) is 5.41. The smallest absolute Gasteiger partial charge is 0.234 e. The molecule has 1 aromatic carbocycles. The Bertz CT molecular complexity index is 384. The minimum absolute atomic E-state index is 0.0422. The third-order valence-corrected chi connectivity index (χ3v) is 3.04. The number of amides is 1. The fourth-order valence-electron chi connectivity index (χ4n) is 2.03. The minimum atomic E-state index is 0.0422. The van der Waals surface area contributed by atoms with Gasteiger partial charge in [-0.1, -0.05) is 45.0 Å². The van der Waals surface area contributed by atoms with E-state index in [1.165, 1.54) is 5.56 Å². The van der Waals surface area contributed by atoms with Crippen LogP contribution in [0.2, 0.25) is 0 Å². The third-order valence-electron chi connectivity index (χ3n) is 3.04. The predicted octanol–water partition coefficient (Wildman–Crippen LogP) is 2.67. The minimum Gasteiger partial charge on any atom is -0.348 e. The van der Waals surface area contributed by atoms with Crippen LogP contribution in [-0.4, -0.2) is 19.0 Å². The summed E-state index contributed by atoms with van der Waals surface area (Å²) >= 11 is 0. The first-order valence-electron chi connectivity index (χ1n) is 7.11.